The number of ketones is 4. The quantitative estimate of drug-likeness (QED) is 0.0161. The maximum absolute atomic E-state index is 14.5. The first kappa shape index (κ1) is 102. The number of para-hydroxylation sites is 4. The number of aryl methyl sites for hydroxylation is 1. The van der Waals surface area contributed by atoms with Gasteiger partial charge in [0.05, 0.1) is 83.1 Å². The molecule has 3 aliphatic rings. The number of Topliss-reactive ketones (excluding diaryl/α,β-unsaturated/α-hetero) is 4. The Balaban J connectivity index is 0.000000173. The van der Waals surface area contributed by atoms with Crippen LogP contribution in [0.3, 0.4) is 0 Å². The fraction of sp³-hybridized carbons (Fsp3) is 0.276. The van der Waals surface area contributed by atoms with Gasteiger partial charge in [0.15, 0.2) is 23.1 Å². The first-order chi connectivity index (χ1) is 64.4. The van der Waals surface area contributed by atoms with Crippen LogP contribution in [0.25, 0.3) is 0 Å². The second-order valence-corrected chi connectivity index (χ2v) is 32.5. The highest BCUT2D eigenvalue weighted by Crippen LogP contribution is 2.29. The molecule has 3 fully saturated rings. The fourth-order valence-corrected chi connectivity index (χ4v) is 15.2. The lowest BCUT2D eigenvalue weighted by molar-refractivity contribution is 0.0371. The topological polar surface area (TPSA) is 295 Å². The number of carboxylic acid groups (broad SMARTS) is 1. The van der Waals surface area contributed by atoms with E-state index in [1.54, 1.807) is 184 Å². The molecule has 3 aliphatic heterocycles. The highest BCUT2D eigenvalue weighted by atomic mass is 35.5. The highest BCUT2D eigenvalue weighted by molar-refractivity contribution is 6.34. The number of carboxylic acids is 1. The number of piperazine rings is 2. The SMILES string of the molecule is CN(C(=O)c1ccccc1F)c1ccccc1C(=O)O.COc1ccc(C(=O)Nc2cccc(F)c2C(=O)CCCN2CCN(C)CC2)cc1.COc1ccc(C(=O)Nc2ccccc2C(=O)CCCCc2ccccc2)cc1.O=C(Nc1ccccc1C(=O)CCCN1CCNCC1)c1cccc(Cl)c1.O=C(Nc1ccccc1C(=O)CCCN1CCOCC1)c1ccccc1Cl. The van der Waals surface area contributed by atoms with Gasteiger partial charge in [0.25, 0.3) is 29.5 Å². The number of nitrogens with zero attached hydrogens (tertiary/aromatic N) is 5. The van der Waals surface area contributed by atoms with E-state index in [1.807, 2.05) is 42.5 Å². The molecule has 0 aromatic heterocycles. The third-order valence-electron chi connectivity index (χ3n) is 22.3. The van der Waals surface area contributed by atoms with E-state index in [2.05, 4.69) is 65.4 Å². The molecule has 0 radical (unpaired) electrons. The number of carbonyl (C=O) groups is 10. The predicted octanol–water partition coefficient (Wildman–Crippen LogP) is 19.0. The minimum atomic E-state index is -1.14. The minimum Gasteiger partial charge on any atom is -0.497 e. The molecule has 133 heavy (non-hydrogen) atoms. The molecule has 14 rings (SSSR count). The summed E-state index contributed by atoms with van der Waals surface area (Å²) >= 11 is 12.0. The van der Waals surface area contributed by atoms with Crippen LogP contribution in [0.5, 0.6) is 11.5 Å². The van der Waals surface area contributed by atoms with Crippen molar-refractivity contribution in [2.24, 2.45) is 0 Å². The number of rotatable bonds is 34. The number of anilines is 5. The van der Waals surface area contributed by atoms with Crippen molar-refractivity contribution in [2.75, 3.05) is 153 Å². The van der Waals surface area contributed by atoms with Crippen LogP contribution in [0.1, 0.15) is 167 Å². The van der Waals surface area contributed by atoms with E-state index >= 15 is 0 Å². The van der Waals surface area contributed by atoms with Crippen LogP contribution in [-0.2, 0) is 11.2 Å². The van der Waals surface area contributed by atoms with Crippen LogP contribution in [0.2, 0.25) is 10.0 Å². The lowest BCUT2D eigenvalue weighted by atomic mass is 10.0. The van der Waals surface area contributed by atoms with Crippen molar-refractivity contribution in [3.05, 3.63) is 350 Å². The summed E-state index contributed by atoms with van der Waals surface area (Å²) in [7, 11) is 6.64. The van der Waals surface area contributed by atoms with Gasteiger partial charge in [0.2, 0.25) is 0 Å². The summed E-state index contributed by atoms with van der Waals surface area (Å²) in [5.74, 6) is -3.13. The van der Waals surface area contributed by atoms with Gasteiger partial charge in [-0.15, -0.1) is 0 Å². The van der Waals surface area contributed by atoms with E-state index in [0.717, 1.165) is 135 Å². The molecular weight excluding hydrogens is 1730 g/mol. The molecule has 0 aliphatic carbocycles. The van der Waals surface area contributed by atoms with Crippen molar-refractivity contribution in [1.29, 1.82) is 0 Å². The fourth-order valence-electron chi connectivity index (χ4n) is 14.8. The average molecular weight is 1850 g/mol. The second-order valence-electron chi connectivity index (χ2n) is 31.6. The lowest BCUT2D eigenvalue weighted by Crippen LogP contribution is -2.44. The zero-order valence-corrected chi connectivity index (χ0v) is 76.6. The van der Waals surface area contributed by atoms with Crippen LogP contribution in [0.15, 0.2) is 267 Å². The largest absolute Gasteiger partial charge is 0.497 e. The van der Waals surface area contributed by atoms with Crippen molar-refractivity contribution in [2.45, 2.75) is 64.2 Å². The van der Waals surface area contributed by atoms with E-state index in [-0.39, 0.29) is 75.3 Å². The average Bonchev–Trinajstić information content (AvgIpc) is 0.820. The van der Waals surface area contributed by atoms with Gasteiger partial charge >= 0.3 is 5.97 Å². The summed E-state index contributed by atoms with van der Waals surface area (Å²) in [5.41, 5.74) is 6.49. The van der Waals surface area contributed by atoms with Gasteiger partial charge in [-0.25, -0.2) is 13.6 Å². The molecule has 6 N–H and O–H groups in total. The Kier molecular flexibility index (Phi) is 41.3. The highest BCUT2D eigenvalue weighted by Gasteiger charge is 2.26. The van der Waals surface area contributed by atoms with Gasteiger partial charge in [-0.1, -0.05) is 138 Å². The molecular formula is C105H112Cl2F2N10O14. The smallest absolute Gasteiger partial charge is 0.337 e. The number of nitrogens with one attached hydrogen (secondary N) is 5. The van der Waals surface area contributed by atoms with Gasteiger partial charge in [-0.3, -0.25) is 48.1 Å². The summed E-state index contributed by atoms with van der Waals surface area (Å²) in [6.07, 6.45) is 6.59. The van der Waals surface area contributed by atoms with E-state index in [1.165, 1.54) is 55.1 Å². The Morgan fingerprint density at radius 1 is 0.406 bits per heavy atom. The molecule has 0 saturated carbocycles. The monoisotopic (exact) mass is 1840 g/mol. The minimum absolute atomic E-state index is 0.0142. The third kappa shape index (κ3) is 32.3. The van der Waals surface area contributed by atoms with Gasteiger partial charge in [-0.05, 0) is 222 Å². The van der Waals surface area contributed by atoms with Crippen LogP contribution >= 0.6 is 23.2 Å². The summed E-state index contributed by atoms with van der Waals surface area (Å²) in [5, 5.41) is 24.5. The molecule has 11 aromatic carbocycles. The van der Waals surface area contributed by atoms with E-state index in [9.17, 15) is 56.7 Å². The molecule has 3 saturated heterocycles. The molecule has 0 spiro atoms. The number of ether oxygens (including phenoxy) is 3. The van der Waals surface area contributed by atoms with Crippen molar-refractivity contribution < 1.29 is 76.0 Å². The summed E-state index contributed by atoms with van der Waals surface area (Å²) in [6, 6.07) is 74.6. The first-order valence-corrected chi connectivity index (χ1v) is 45.0. The van der Waals surface area contributed by atoms with E-state index in [0.29, 0.717) is 103 Å². The van der Waals surface area contributed by atoms with Gasteiger partial charge in [0, 0.05) is 137 Å². The third-order valence-corrected chi connectivity index (χ3v) is 22.9. The molecule has 5 amide bonds. The van der Waals surface area contributed by atoms with Gasteiger partial charge in [-0.2, -0.15) is 0 Å². The Labute approximate surface area is 784 Å². The maximum atomic E-state index is 14.5. The molecule has 694 valence electrons. The number of morpholine rings is 1. The van der Waals surface area contributed by atoms with Gasteiger partial charge in [0.1, 0.15) is 23.1 Å². The zero-order chi connectivity index (χ0) is 94.8. The summed E-state index contributed by atoms with van der Waals surface area (Å²) in [4.78, 5) is 135. The normalized spacial score (nSPS) is 13.1. The molecule has 3 heterocycles. The zero-order valence-electron chi connectivity index (χ0n) is 75.1. The summed E-state index contributed by atoms with van der Waals surface area (Å²) in [6.45, 7) is 14.0. The van der Waals surface area contributed by atoms with Crippen molar-refractivity contribution in [1.82, 2.24) is 24.9 Å². The predicted molar refractivity (Wildman–Crippen MR) is 518 cm³/mol. The Morgan fingerprint density at radius 2 is 0.820 bits per heavy atom. The summed E-state index contributed by atoms with van der Waals surface area (Å²) < 4.78 is 43.6. The number of methoxy groups -OCH3 is 2. The van der Waals surface area contributed by atoms with Crippen LogP contribution in [0, 0.1) is 11.6 Å². The molecule has 0 atom stereocenters. The van der Waals surface area contributed by atoms with Gasteiger partial charge < -0.3 is 65.5 Å². The van der Waals surface area contributed by atoms with Crippen molar-refractivity contribution in [3.8, 4) is 11.5 Å². The van der Waals surface area contributed by atoms with Crippen LogP contribution < -0.4 is 41.0 Å². The Morgan fingerprint density at radius 3 is 1.33 bits per heavy atom. The molecule has 0 unspecified atom stereocenters. The number of hydrogen-bond donors (Lipinski definition) is 6. The number of hydrogen-bond acceptors (Lipinski definition) is 18. The van der Waals surface area contributed by atoms with Crippen molar-refractivity contribution >= 4 is 110 Å². The Bertz CT molecular complexity index is 5720. The standard InChI is InChI=1S/C25H25NO3.C23H28FN3O3.C21H24ClN3O2.C21H23ClN2O3.C15H12FNO3/c1-29-21-17-15-20(16-18-21)25(28)26-23-13-7-6-12-22(23)24(27)14-8-5-11-19-9-3-2-4-10-19;1-26-13-15-27(16-14-26)12-4-7-21(28)22-19(24)5-3-6-20(22)25-23(29)17-8-10-18(30-2)11-9-17;22-17-6-3-5-16(15-17)21(27)24-19-8-2-1-7-18(19)20(26)9-4-12-25-13-10-23-11-14-25;22-18-8-3-1-6-16(18)21(26)23-19-9-4-2-7-17(19)20(25)10-5-11-24-12-14-27-15-13-24;1-17(13-9-5-3-7-11(13)15(19)20)14(18)10-6-2-4-8-12(10)16/h2-4,6-7,9-10,12-13,15-18H,5,8,11,14H2,1H3,(H,26,28);3,5-6,8-11H,4,7,12-16H2,1-2H3,(H,25,29);1-3,5-8,15,23H,4,9-14H2,(H,24,27);1-4,6-9H,5,10-15H2,(H,23,26);2-9H,1H3,(H,19,20). The van der Waals surface area contributed by atoms with Crippen LogP contribution in [-0.4, -0.2) is 210 Å². The second kappa shape index (κ2) is 53.9. The van der Waals surface area contributed by atoms with Crippen molar-refractivity contribution in [3.63, 3.8) is 0 Å². The number of unbranched alkanes of at least 4 members (excludes halogenated alkanes) is 1. The molecule has 11 aromatic rings. The lowest BCUT2D eigenvalue weighted by Gasteiger charge is -2.32. The number of halogens is 4. The molecule has 28 heteroatoms. The Hall–Kier alpha value is -13.3. The number of amides is 5. The number of benzene rings is 11. The number of aromatic carboxylic acids is 1. The molecule has 24 nitrogen and oxygen atoms in total. The molecule has 0 bridgehead atoms. The van der Waals surface area contributed by atoms with E-state index in [4.69, 9.17) is 42.5 Å². The maximum Gasteiger partial charge on any atom is 0.337 e. The van der Waals surface area contributed by atoms with Crippen LogP contribution in [0.4, 0.5) is 37.2 Å². The number of likely N-dealkylation sites (N-methyl/N-ethyl adjacent to an activating group) is 1. The first-order valence-electron chi connectivity index (χ1n) is 44.2. The number of carbonyl (C=O) groups excluding carboxylic acids is 9. The van der Waals surface area contributed by atoms with E-state index < -0.39 is 29.4 Å².